The van der Waals surface area contributed by atoms with E-state index in [1.54, 1.807) is 19.2 Å². The van der Waals surface area contributed by atoms with E-state index in [4.69, 9.17) is 0 Å². The first-order valence-corrected chi connectivity index (χ1v) is 8.25. The van der Waals surface area contributed by atoms with E-state index in [1.807, 2.05) is 13.0 Å². The molecule has 0 aliphatic rings. The van der Waals surface area contributed by atoms with Gasteiger partial charge in [-0.3, -0.25) is 14.2 Å². The topological polar surface area (TPSA) is 90.9 Å². The fourth-order valence-corrected chi connectivity index (χ4v) is 2.85. The Kier molecular flexibility index (Phi) is 4.34. The van der Waals surface area contributed by atoms with Crippen LogP contribution in [0.2, 0.25) is 0 Å². The number of hydrogen-bond acceptors (Lipinski definition) is 4. The molecule has 25 heavy (non-hydrogen) atoms. The van der Waals surface area contributed by atoms with Gasteiger partial charge in [0, 0.05) is 24.3 Å². The molecule has 0 radical (unpaired) electrons. The maximum Gasteiger partial charge on any atom is 0.332 e. The summed E-state index contributed by atoms with van der Waals surface area (Å²) >= 11 is 3.39. The third kappa shape index (κ3) is 3.02. The fourth-order valence-electron chi connectivity index (χ4n) is 2.60. The van der Waals surface area contributed by atoms with E-state index in [2.05, 4.69) is 26.2 Å². The van der Waals surface area contributed by atoms with Gasteiger partial charge in [0.05, 0.1) is 6.33 Å². The number of amides is 1. The number of aromatic nitrogens is 4. The molecule has 0 saturated heterocycles. The zero-order chi connectivity index (χ0) is 18.3. The first kappa shape index (κ1) is 17.2. The lowest BCUT2D eigenvalue weighted by Crippen LogP contribution is -2.42. The standard InChI is InChI=1S/C16H16BrN5O3/c1-9-6-10(4-5-11(9)17)19-12(23)7-22-15(24)13-14(18-8-20(13)2)21(3)16(22)25/h4-6,8H,7H2,1-3H3,(H,19,23). The molecule has 0 bridgehead atoms. The molecule has 3 rings (SSSR count). The second kappa shape index (κ2) is 6.32. The van der Waals surface area contributed by atoms with Crippen LogP contribution in [0.1, 0.15) is 5.56 Å². The van der Waals surface area contributed by atoms with Crippen molar-refractivity contribution in [2.75, 3.05) is 5.32 Å². The highest BCUT2D eigenvalue weighted by atomic mass is 79.9. The molecule has 0 aliphatic heterocycles. The summed E-state index contributed by atoms with van der Waals surface area (Å²) < 4.78 is 4.62. The van der Waals surface area contributed by atoms with E-state index in [0.717, 1.165) is 14.6 Å². The van der Waals surface area contributed by atoms with Gasteiger partial charge >= 0.3 is 5.69 Å². The van der Waals surface area contributed by atoms with Gasteiger partial charge in [0.1, 0.15) is 6.54 Å². The van der Waals surface area contributed by atoms with Crippen LogP contribution in [0.25, 0.3) is 11.2 Å². The number of nitrogens with zero attached hydrogens (tertiary/aromatic N) is 4. The quantitative estimate of drug-likeness (QED) is 0.707. The Labute approximate surface area is 150 Å². The van der Waals surface area contributed by atoms with Gasteiger partial charge in [0.2, 0.25) is 5.91 Å². The fraction of sp³-hybridized carbons (Fsp3) is 0.250. The largest absolute Gasteiger partial charge is 0.332 e. The van der Waals surface area contributed by atoms with Crippen LogP contribution < -0.4 is 16.6 Å². The summed E-state index contributed by atoms with van der Waals surface area (Å²) in [5.74, 6) is -0.456. The van der Waals surface area contributed by atoms with Crippen molar-refractivity contribution < 1.29 is 4.79 Å². The summed E-state index contributed by atoms with van der Waals surface area (Å²) in [4.78, 5) is 41.3. The number of fused-ring (bicyclic) bond motifs is 1. The van der Waals surface area contributed by atoms with Gasteiger partial charge in [-0.15, -0.1) is 0 Å². The molecular weight excluding hydrogens is 390 g/mol. The van der Waals surface area contributed by atoms with E-state index in [1.165, 1.54) is 22.5 Å². The Morgan fingerprint density at radius 3 is 2.68 bits per heavy atom. The highest BCUT2D eigenvalue weighted by Gasteiger charge is 2.17. The van der Waals surface area contributed by atoms with Crippen LogP contribution in [-0.2, 0) is 25.4 Å². The minimum absolute atomic E-state index is 0.273. The number of aryl methyl sites for hydroxylation is 3. The highest BCUT2D eigenvalue weighted by Crippen LogP contribution is 2.19. The van der Waals surface area contributed by atoms with Gasteiger partial charge in [-0.25, -0.2) is 14.3 Å². The van der Waals surface area contributed by atoms with Crippen molar-refractivity contribution in [3.05, 3.63) is 55.4 Å². The van der Waals surface area contributed by atoms with Gasteiger partial charge in [-0.2, -0.15) is 0 Å². The first-order chi connectivity index (χ1) is 11.8. The number of imidazole rings is 1. The molecule has 0 spiro atoms. The van der Waals surface area contributed by atoms with Crippen LogP contribution in [0.15, 0.2) is 38.6 Å². The van der Waals surface area contributed by atoms with Crippen LogP contribution in [0.4, 0.5) is 5.69 Å². The molecule has 8 nitrogen and oxygen atoms in total. The molecule has 9 heteroatoms. The van der Waals surface area contributed by atoms with Crippen LogP contribution in [0.3, 0.4) is 0 Å². The Bertz CT molecular complexity index is 1110. The van der Waals surface area contributed by atoms with Crippen molar-refractivity contribution in [1.82, 2.24) is 18.7 Å². The molecule has 0 fully saturated rings. The van der Waals surface area contributed by atoms with E-state index in [0.29, 0.717) is 5.69 Å². The van der Waals surface area contributed by atoms with Crippen molar-refractivity contribution in [3.8, 4) is 0 Å². The molecule has 0 atom stereocenters. The maximum absolute atomic E-state index is 12.6. The monoisotopic (exact) mass is 405 g/mol. The molecule has 1 amide bonds. The summed E-state index contributed by atoms with van der Waals surface area (Å²) in [6, 6.07) is 5.35. The van der Waals surface area contributed by atoms with E-state index >= 15 is 0 Å². The number of nitrogens with one attached hydrogen (secondary N) is 1. The zero-order valence-electron chi connectivity index (χ0n) is 13.9. The number of hydrogen-bond donors (Lipinski definition) is 1. The second-order valence-corrected chi connectivity index (χ2v) is 6.63. The lowest BCUT2D eigenvalue weighted by atomic mass is 10.2. The number of rotatable bonds is 3. The SMILES string of the molecule is Cc1cc(NC(=O)Cn2c(=O)c3c(ncn3C)n(C)c2=O)ccc1Br. The van der Waals surface area contributed by atoms with Gasteiger partial charge in [-0.1, -0.05) is 15.9 Å². The van der Waals surface area contributed by atoms with Crippen LogP contribution in [0, 0.1) is 6.92 Å². The maximum atomic E-state index is 12.6. The summed E-state index contributed by atoms with van der Waals surface area (Å²) in [6.45, 7) is 1.53. The minimum atomic E-state index is -0.585. The first-order valence-electron chi connectivity index (χ1n) is 7.46. The molecule has 2 aromatic heterocycles. The highest BCUT2D eigenvalue weighted by molar-refractivity contribution is 9.10. The molecule has 3 aromatic rings. The number of carbonyl (C=O) groups is 1. The van der Waals surface area contributed by atoms with Gasteiger partial charge < -0.3 is 9.88 Å². The van der Waals surface area contributed by atoms with Crippen molar-refractivity contribution in [2.24, 2.45) is 14.1 Å². The molecule has 2 heterocycles. The molecule has 1 aromatic carbocycles. The smallest absolute Gasteiger partial charge is 0.328 e. The summed E-state index contributed by atoms with van der Waals surface area (Å²) in [5, 5.41) is 2.70. The lowest BCUT2D eigenvalue weighted by molar-refractivity contribution is -0.116. The summed E-state index contributed by atoms with van der Waals surface area (Å²) in [5.41, 5.74) is 0.991. The predicted molar refractivity (Wildman–Crippen MR) is 97.7 cm³/mol. The lowest BCUT2D eigenvalue weighted by Gasteiger charge is -2.10. The Hall–Kier alpha value is -2.68. The van der Waals surface area contributed by atoms with Crippen molar-refractivity contribution >= 4 is 38.7 Å². The van der Waals surface area contributed by atoms with E-state index in [-0.39, 0.29) is 17.7 Å². The normalized spacial score (nSPS) is 11.0. The van der Waals surface area contributed by atoms with Gasteiger partial charge in [0.25, 0.3) is 5.56 Å². The predicted octanol–water partition coefficient (Wildman–Crippen LogP) is 1.14. The minimum Gasteiger partial charge on any atom is -0.328 e. The molecule has 130 valence electrons. The summed E-state index contributed by atoms with van der Waals surface area (Å²) in [7, 11) is 3.18. The van der Waals surface area contributed by atoms with E-state index < -0.39 is 17.2 Å². The number of carbonyl (C=O) groups excluding carboxylic acids is 1. The number of benzene rings is 1. The Balaban J connectivity index is 1.96. The Morgan fingerprint density at radius 1 is 1.28 bits per heavy atom. The third-order valence-corrected chi connectivity index (χ3v) is 4.83. The van der Waals surface area contributed by atoms with E-state index in [9.17, 15) is 14.4 Å². The van der Waals surface area contributed by atoms with Crippen LogP contribution in [0.5, 0.6) is 0 Å². The van der Waals surface area contributed by atoms with Gasteiger partial charge in [-0.05, 0) is 30.7 Å². The Morgan fingerprint density at radius 2 is 2.00 bits per heavy atom. The van der Waals surface area contributed by atoms with Crippen molar-refractivity contribution in [1.29, 1.82) is 0 Å². The summed E-state index contributed by atoms with van der Waals surface area (Å²) in [6.07, 6.45) is 1.46. The number of halogens is 1. The second-order valence-electron chi connectivity index (χ2n) is 5.77. The van der Waals surface area contributed by atoms with Gasteiger partial charge in [0.15, 0.2) is 11.2 Å². The zero-order valence-corrected chi connectivity index (χ0v) is 15.5. The van der Waals surface area contributed by atoms with Crippen molar-refractivity contribution in [3.63, 3.8) is 0 Å². The van der Waals surface area contributed by atoms with Crippen LogP contribution in [-0.4, -0.2) is 24.6 Å². The third-order valence-electron chi connectivity index (χ3n) is 3.94. The molecule has 1 N–H and O–H groups in total. The molecule has 0 saturated carbocycles. The van der Waals surface area contributed by atoms with Crippen LogP contribution >= 0.6 is 15.9 Å². The average molecular weight is 406 g/mol. The number of anilines is 1. The molecule has 0 unspecified atom stereocenters. The average Bonchev–Trinajstić information content (AvgIpc) is 2.95. The molecule has 0 aliphatic carbocycles. The molecular formula is C16H16BrN5O3. The van der Waals surface area contributed by atoms with Crippen molar-refractivity contribution in [2.45, 2.75) is 13.5 Å².